The monoisotopic (exact) mass is 384 g/mol. The molecule has 3 aliphatic heterocycles. The van der Waals surface area contributed by atoms with E-state index in [1.54, 1.807) is 0 Å². The van der Waals surface area contributed by atoms with Gasteiger partial charge in [-0.25, -0.2) is 0 Å². The van der Waals surface area contributed by atoms with Gasteiger partial charge in [0.25, 0.3) is 0 Å². The molecule has 0 bridgehead atoms. The highest BCUT2D eigenvalue weighted by molar-refractivity contribution is 6.20. The van der Waals surface area contributed by atoms with Crippen molar-refractivity contribution < 1.29 is 14.8 Å². The van der Waals surface area contributed by atoms with E-state index in [-0.39, 0.29) is 17.5 Å². The molecule has 0 amide bonds. The standard InChI is InChI=1S/C20H34ClN3O2/c1-14-10-18-16(12-17(14)21)15(11-20(25)26-18)13-23-6-8-24(9-7-23)19-4-2-3-5-22-19/h14-19,22H,2-13H2,1H3/p+1. The average molecular weight is 385 g/mol. The summed E-state index contributed by atoms with van der Waals surface area (Å²) < 4.78 is 5.70. The zero-order chi connectivity index (χ0) is 18.1. The van der Waals surface area contributed by atoms with Crippen molar-refractivity contribution in [3.05, 3.63) is 0 Å². The second-order valence-corrected chi connectivity index (χ2v) is 9.61. The van der Waals surface area contributed by atoms with Crippen molar-refractivity contribution in [2.45, 2.75) is 63.1 Å². The smallest absolute Gasteiger partial charge is 0.306 e. The summed E-state index contributed by atoms with van der Waals surface area (Å²) in [5, 5.41) is 2.76. The maximum Gasteiger partial charge on any atom is 0.306 e. The van der Waals surface area contributed by atoms with Crippen LogP contribution in [0.15, 0.2) is 0 Å². The third kappa shape index (κ3) is 4.21. The van der Waals surface area contributed by atoms with Gasteiger partial charge in [0.2, 0.25) is 0 Å². The van der Waals surface area contributed by atoms with Gasteiger partial charge < -0.3 is 15.0 Å². The Bertz CT molecular complexity index is 491. The Morgan fingerprint density at radius 1 is 1.19 bits per heavy atom. The number of nitrogens with two attached hydrogens (primary N) is 1. The van der Waals surface area contributed by atoms with E-state index in [1.165, 1.54) is 38.9 Å². The molecule has 0 aromatic rings. The molecule has 148 valence electrons. The number of quaternary nitrogens is 1. The number of carbonyl (C=O) groups excluding carboxylic acids is 1. The fourth-order valence-electron chi connectivity index (χ4n) is 5.61. The van der Waals surface area contributed by atoms with Crippen LogP contribution in [0.2, 0.25) is 0 Å². The van der Waals surface area contributed by atoms with Crippen LogP contribution in [0.25, 0.3) is 0 Å². The van der Waals surface area contributed by atoms with E-state index in [1.807, 2.05) is 0 Å². The number of halogens is 1. The van der Waals surface area contributed by atoms with E-state index in [2.05, 4.69) is 22.0 Å². The molecule has 26 heavy (non-hydrogen) atoms. The predicted octanol–water partition coefficient (Wildman–Crippen LogP) is 1.26. The molecule has 0 spiro atoms. The van der Waals surface area contributed by atoms with E-state index >= 15 is 0 Å². The molecule has 5 nitrogen and oxygen atoms in total. The Labute approximate surface area is 162 Å². The number of fused-ring (bicyclic) bond motifs is 1. The molecule has 4 fully saturated rings. The zero-order valence-electron chi connectivity index (χ0n) is 16.1. The molecule has 0 radical (unpaired) electrons. The first kappa shape index (κ1) is 19.0. The van der Waals surface area contributed by atoms with Crippen LogP contribution in [0.3, 0.4) is 0 Å². The zero-order valence-corrected chi connectivity index (χ0v) is 16.9. The number of piperidine rings is 1. The van der Waals surface area contributed by atoms with Crippen molar-refractivity contribution in [3.8, 4) is 0 Å². The van der Waals surface area contributed by atoms with Crippen LogP contribution in [-0.4, -0.2) is 72.7 Å². The molecule has 0 aromatic heterocycles. The molecule has 6 atom stereocenters. The lowest BCUT2D eigenvalue weighted by Crippen LogP contribution is -2.95. The van der Waals surface area contributed by atoms with Crippen molar-refractivity contribution in [2.75, 3.05) is 39.3 Å². The Morgan fingerprint density at radius 3 is 2.73 bits per heavy atom. The highest BCUT2D eigenvalue weighted by atomic mass is 35.5. The molecule has 1 saturated carbocycles. The first-order valence-corrected chi connectivity index (χ1v) is 11.2. The van der Waals surface area contributed by atoms with Crippen LogP contribution in [0.5, 0.6) is 0 Å². The van der Waals surface area contributed by atoms with E-state index < -0.39 is 0 Å². The number of hydrogen-bond donors (Lipinski definition) is 1. The molecule has 3 heterocycles. The molecule has 1 aliphatic carbocycles. The van der Waals surface area contributed by atoms with Gasteiger partial charge in [-0.15, -0.1) is 11.6 Å². The molecular weight excluding hydrogens is 350 g/mol. The first-order chi connectivity index (χ1) is 12.6. The first-order valence-electron chi connectivity index (χ1n) is 10.7. The summed E-state index contributed by atoms with van der Waals surface area (Å²) in [6.45, 7) is 9.12. The Hall–Kier alpha value is -0.360. The summed E-state index contributed by atoms with van der Waals surface area (Å²) in [5.41, 5.74) is 0. The molecule has 0 aromatic carbocycles. The number of alkyl halides is 1. The molecule has 2 N–H and O–H groups in total. The van der Waals surface area contributed by atoms with Crippen molar-refractivity contribution in [1.82, 2.24) is 9.80 Å². The van der Waals surface area contributed by atoms with Crippen LogP contribution in [0.1, 0.15) is 45.4 Å². The van der Waals surface area contributed by atoms with Gasteiger partial charge in [-0.1, -0.05) is 6.92 Å². The second-order valence-electron chi connectivity index (χ2n) is 9.05. The summed E-state index contributed by atoms with van der Waals surface area (Å²) in [4.78, 5) is 17.4. The van der Waals surface area contributed by atoms with Crippen molar-refractivity contribution in [1.29, 1.82) is 0 Å². The maximum absolute atomic E-state index is 12.1. The largest absolute Gasteiger partial charge is 0.462 e. The second kappa shape index (κ2) is 8.34. The SMILES string of the molecule is CC1CC2OC(=O)CC(CN3CCN(C4CCCC[NH2+]4)CC3)C2CC1Cl. The number of hydrogen-bond acceptors (Lipinski definition) is 4. The Morgan fingerprint density at radius 2 is 2.00 bits per heavy atom. The predicted molar refractivity (Wildman–Crippen MR) is 102 cm³/mol. The van der Waals surface area contributed by atoms with Gasteiger partial charge >= 0.3 is 5.97 Å². The number of nitrogens with zero attached hydrogens (tertiary/aromatic N) is 2. The van der Waals surface area contributed by atoms with Crippen molar-refractivity contribution in [2.24, 2.45) is 17.8 Å². The summed E-state index contributed by atoms with van der Waals surface area (Å²) in [5.74, 6) is 1.32. The summed E-state index contributed by atoms with van der Waals surface area (Å²) >= 11 is 6.57. The molecule has 3 saturated heterocycles. The van der Waals surface area contributed by atoms with E-state index in [9.17, 15) is 4.79 Å². The maximum atomic E-state index is 12.1. The minimum Gasteiger partial charge on any atom is -0.462 e. The summed E-state index contributed by atoms with van der Waals surface area (Å²) in [6, 6.07) is 0. The quantitative estimate of drug-likeness (QED) is 0.588. The molecule has 4 rings (SSSR count). The third-order valence-electron chi connectivity index (χ3n) is 7.27. The van der Waals surface area contributed by atoms with Gasteiger partial charge in [-0.3, -0.25) is 9.69 Å². The van der Waals surface area contributed by atoms with E-state index in [0.717, 1.165) is 32.5 Å². The van der Waals surface area contributed by atoms with Crippen molar-refractivity contribution >= 4 is 17.6 Å². The number of ether oxygens (including phenoxy) is 1. The fourth-order valence-corrected chi connectivity index (χ4v) is 5.92. The summed E-state index contributed by atoms with van der Waals surface area (Å²) in [7, 11) is 0. The Balaban J connectivity index is 1.31. The van der Waals surface area contributed by atoms with Crippen LogP contribution in [0.4, 0.5) is 0 Å². The van der Waals surface area contributed by atoms with Crippen LogP contribution < -0.4 is 5.32 Å². The Kier molecular flexibility index (Phi) is 6.09. The number of piperazine rings is 1. The minimum atomic E-state index is 0.00640. The highest BCUT2D eigenvalue weighted by Gasteiger charge is 2.45. The van der Waals surface area contributed by atoms with Gasteiger partial charge in [-0.05, 0) is 37.5 Å². The summed E-state index contributed by atoms with van der Waals surface area (Å²) in [6.07, 6.45) is 7.42. The lowest BCUT2D eigenvalue weighted by Gasteiger charge is -2.46. The lowest BCUT2D eigenvalue weighted by atomic mass is 9.71. The van der Waals surface area contributed by atoms with Crippen LogP contribution in [0, 0.1) is 17.8 Å². The van der Waals surface area contributed by atoms with Gasteiger partial charge in [0.15, 0.2) is 0 Å². The molecule has 4 aliphatic rings. The van der Waals surface area contributed by atoms with Crippen molar-refractivity contribution in [3.63, 3.8) is 0 Å². The molecule has 6 unspecified atom stereocenters. The van der Waals surface area contributed by atoms with Crippen LogP contribution >= 0.6 is 11.6 Å². The number of carbonyl (C=O) groups is 1. The van der Waals surface area contributed by atoms with Gasteiger partial charge in [0, 0.05) is 56.9 Å². The normalized spacial score (nSPS) is 42.9. The van der Waals surface area contributed by atoms with Gasteiger partial charge in [-0.2, -0.15) is 0 Å². The average Bonchev–Trinajstić information content (AvgIpc) is 2.65. The number of esters is 1. The minimum absolute atomic E-state index is 0.00640. The topological polar surface area (TPSA) is 49.4 Å². The van der Waals surface area contributed by atoms with E-state index in [4.69, 9.17) is 16.3 Å². The highest BCUT2D eigenvalue weighted by Crippen LogP contribution is 2.42. The molecule has 6 heteroatoms. The third-order valence-corrected chi connectivity index (χ3v) is 7.88. The van der Waals surface area contributed by atoms with E-state index in [0.29, 0.717) is 30.3 Å². The molecular formula is C20H35ClN3O2+. The van der Waals surface area contributed by atoms with Gasteiger partial charge in [0.1, 0.15) is 12.3 Å². The van der Waals surface area contributed by atoms with Crippen LogP contribution in [-0.2, 0) is 9.53 Å². The lowest BCUT2D eigenvalue weighted by molar-refractivity contribution is -0.717. The fraction of sp³-hybridized carbons (Fsp3) is 0.950. The number of rotatable bonds is 3. The van der Waals surface area contributed by atoms with Gasteiger partial charge in [0.05, 0.1) is 6.54 Å².